The summed E-state index contributed by atoms with van der Waals surface area (Å²) >= 11 is 0. The highest BCUT2D eigenvalue weighted by Crippen LogP contribution is 2.22. The standard InChI is InChI=1S/C26H23N5O2/c32-25(11-10-18-15-27-21-9-5-4-8-19(18)21)30-13-12-20-23(16-30)28-24-14-22(29-31(24)26(20)33)17-6-2-1-3-7-17/h1-9,14-15,27,29H,10-13,16H2. The summed E-state index contributed by atoms with van der Waals surface area (Å²) in [6.07, 6.45) is 3.61. The molecule has 1 amide bonds. The van der Waals surface area contributed by atoms with Crippen molar-refractivity contribution >= 4 is 22.5 Å². The minimum atomic E-state index is -0.0805. The zero-order chi connectivity index (χ0) is 22.4. The average Bonchev–Trinajstić information content (AvgIpc) is 3.47. The number of para-hydroxylation sites is 1. The van der Waals surface area contributed by atoms with E-state index in [9.17, 15) is 9.59 Å². The van der Waals surface area contributed by atoms with Gasteiger partial charge in [-0.25, -0.2) is 9.50 Å². The number of fused-ring (bicyclic) bond motifs is 3. The molecule has 0 radical (unpaired) electrons. The lowest BCUT2D eigenvalue weighted by Crippen LogP contribution is -2.39. The number of carbonyl (C=O) groups is 1. The number of nitrogens with zero attached hydrogens (tertiary/aromatic N) is 3. The minimum absolute atomic E-state index is 0.0805. The number of H-pyrrole nitrogens is 2. The summed E-state index contributed by atoms with van der Waals surface area (Å²) in [5.74, 6) is 0.0898. The van der Waals surface area contributed by atoms with Crippen LogP contribution in [0.5, 0.6) is 0 Å². The van der Waals surface area contributed by atoms with Crippen molar-refractivity contribution < 1.29 is 4.79 Å². The van der Waals surface area contributed by atoms with Gasteiger partial charge in [-0.2, -0.15) is 0 Å². The van der Waals surface area contributed by atoms with Gasteiger partial charge in [0.15, 0.2) is 5.65 Å². The first-order chi connectivity index (χ1) is 16.2. The van der Waals surface area contributed by atoms with Crippen molar-refractivity contribution in [1.82, 2.24) is 24.5 Å². The fraction of sp³-hybridized carbons (Fsp3) is 0.192. The lowest BCUT2D eigenvalue weighted by atomic mass is 10.0. The largest absolute Gasteiger partial charge is 0.361 e. The van der Waals surface area contributed by atoms with Gasteiger partial charge in [0.2, 0.25) is 5.91 Å². The van der Waals surface area contributed by atoms with Crippen molar-refractivity contribution in [3.05, 3.63) is 94.0 Å². The first-order valence-corrected chi connectivity index (χ1v) is 11.2. The maximum Gasteiger partial charge on any atom is 0.276 e. The second-order valence-electron chi connectivity index (χ2n) is 8.50. The van der Waals surface area contributed by atoms with Crippen LogP contribution in [0.25, 0.3) is 27.8 Å². The lowest BCUT2D eigenvalue weighted by molar-refractivity contribution is -0.132. The first kappa shape index (κ1) is 19.5. The molecule has 1 aliphatic heterocycles. The van der Waals surface area contributed by atoms with E-state index in [2.05, 4.69) is 16.1 Å². The van der Waals surface area contributed by atoms with Crippen molar-refractivity contribution in [3.63, 3.8) is 0 Å². The topological polar surface area (TPSA) is 86.3 Å². The molecule has 3 aromatic heterocycles. The van der Waals surface area contributed by atoms with Crippen LogP contribution in [0.3, 0.4) is 0 Å². The number of carbonyl (C=O) groups excluding carboxylic acids is 1. The molecular weight excluding hydrogens is 414 g/mol. The van der Waals surface area contributed by atoms with Crippen LogP contribution in [0.2, 0.25) is 0 Å². The van der Waals surface area contributed by atoms with Gasteiger partial charge in [0.05, 0.1) is 17.9 Å². The highest BCUT2D eigenvalue weighted by molar-refractivity contribution is 5.84. The Labute approximate surface area is 189 Å². The Morgan fingerprint density at radius 1 is 1.06 bits per heavy atom. The lowest BCUT2D eigenvalue weighted by Gasteiger charge is -2.27. The van der Waals surface area contributed by atoms with E-state index in [0.29, 0.717) is 49.3 Å². The van der Waals surface area contributed by atoms with Gasteiger partial charge in [0, 0.05) is 41.7 Å². The van der Waals surface area contributed by atoms with Crippen molar-refractivity contribution in [1.29, 1.82) is 0 Å². The van der Waals surface area contributed by atoms with E-state index in [1.165, 1.54) is 4.52 Å². The molecule has 5 aromatic rings. The predicted octanol–water partition coefficient (Wildman–Crippen LogP) is 3.69. The Balaban J connectivity index is 1.23. The van der Waals surface area contributed by atoms with E-state index in [0.717, 1.165) is 27.7 Å². The van der Waals surface area contributed by atoms with Crippen LogP contribution < -0.4 is 5.56 Å². The molecule has 33 heavy (non-hydrogen) atoms. The Morgan fingerprint density at radius 2 is 1.88 bits per heavy atom. The van der Waals surface area contributed by atoms with Crippen LogP contribution in [-0.4, -0.2) is 36.9 Å². The second-order valence-corrected chi connectivity index (χ2v) is 8.50. The minimum Gasteiger partial charge on any atom is -0.361 e. The molecule has 0 atom stereocenters. The van der Waals surface area contributed by atoms with Gasteiger partial charge in [-0.3, -0.25) is 14.7 Å². The summed E-state index contributed by atoms with van der Waals surface area (Å²) in [7, 11) is 0. The highest BCUT2D eigenvalue weighted by atomic mass is 16.2. The number of hydrogen-bond donors (Lipinski definition) is 2. The quantitative estimate of drug-likeness (QED) is 0.450. The first-order valence-electron chi connectivity index (χ1n) is 11.2. The maximum absolute atomic E-state index is 13.1. The number of amides is 1. The van der Waals surface area contributed by atoms with Crippen molar-refractivity contribution in [3.8, 4) is 11.3 Å². The van der Waals surface area contributed by atoms with Crippen LogP contribution in [0, 0.1) is 0 Å². The van der Waals surface area contributed by atoms with E-state index >= 15 is 0 Å². The molecular formula is C26H23N5O2. The Hall–Kier alpha value is -4.13. The van der Waals surface area contributed by atoms with E-state index in [1.54, 1.807) is 0 Å². The van der Waals surface area contributed by atoms with Crippen molar-refractivity contribution in [2.75, 3.05) is 6.54 Å². The molecule has 0 aliphatic carbocycles. The molecule has 0 saturated heterocycles. The summed E-state index contributed by atoms with van der Waals surface area (Å²) in [6.45, 7) is 0.911. The molecule has 4 heterocycles. The molecule has 6 rings (SSSR count). The van der Waals surface area contributed by atoms with Gasteiger partial charge >= 0.3 is 0 Å². The molecule has 0 saturated carbocycles. The van der Waals surface area contributed by atoms with Gasteiger partial charge in [-0.05, 0) is 30.0 Å². The third kappa shape index (κ3) is 3.42. The van der Waals surface area contributed by atoms with Crippen LogP contribution in [-0.2, 0) is 24.2 Å². The van der Waals surface area contributed by atoms with E-state index in [4.69, 9.17) is 4.98 Å². The number of benzene rings is 2. The summed E-state index contributed by atoms with van der Waals surface area (Å²) < 4.78 is 1.51. The molecule has 0 unspecified atom stereocenters. The smallest absolute Gasteiger partial charge is 0.276 e. The van der Waals surface area contributed by atoms with E-state index in [-0.39, 0.29) is 11.5 Å². The van der Waals surface area contributed by atoms with Gasteiger partial charge in [-0.1, -0.05) is 48.5 Å². The third-order valence-electron chi connectivity index (χ3n) is 6.49. The Kier molecular flexibility index (Phi) is 4.61. The second kappa shape index (κ2) is 7.78. The third-order valence-corrected chi connectivity index (χ3v) is 6.49. The molecule has 2 N–H and O–H groups in total. The van der Waals surface area contributed by atoms with Crippen LogP contribution in [0.4, 0.5) is 0 Å². The zero-order valence-electron chi connectivity index (χ0n) is 18.0. The monoisotopic (exact) mass is 437 g/mol. The fourth-order valence-electron chi connectivity index (χ4n) is 4.71. The summed E-state index contributed by atoms with van der Waals surface area (Å²) in [6, 6.07) is 19.9. The molecule has 1 aliphatic rings. The highest BCUT2D eigenvalue weighted by Gasteiger charge is 2.25. The van der Waals surface area contributed by atoms with Gasteiger partial charge in [0.1, 0.15) is 0 Å². The van der Waals surface area contributed by atoms with Crippen LogP contribution in [0.1, 0.15) is 23.2 Å². The number of hydrogen-bond acceptors (Lipinski definition) is 3. The van der Waals surface area contributed by atoms with Gasteiger partial charge in [-0.15, -0.1) is 0 Å². The number of aromatic amines is 2. The van der Waals surface area contributed by atoms with Crippen molar-refractivity contribution in [2.45, 2.75) is 25.8 Å². The summed E-state index contributed by atoms with van der Waals surface area (Å²) in [5.41, 5.74) is 5.95. The summed E-state index contributed by atoms with van der Waals surface area (Å²) in [4.78, 5) is 35.9. The molecule has 0 spiro atoms. The van der Waals surface area contributed by atoms with Crippen LogP contribution >= 0.6 is 0 Å². The molecule has 2 aromatic carbocycles. The number of aromatic nitrogens is 4. The average molecular weight is 438 g/mol. The van der Waals surface area contributed by atoms with Gasteiger partial charge < -0.3 is 9.88 Å². The van der Waals surface area contributed by atoms with E-state index < -0.39 is 0 Å². The molecule has 7 heteroatoms. The number of nitrogens with one attached hydrogen (secondary N) is 2. The summed E-state index contributed by atoms with van der Waals surface area (Å²) in [5, 5.41) is 4.33. The number of rotatable bonds is 4. The SMILES string of the molecule is O=C(CCc1c[nH]c2ccccc12)N1CCc2c(nc3cc(-c4ccccc4)[nH]n3c2=O)C1. The molecule has 7 nitrogen and oxygen atoms in total. The Morgan fingerprint density at radius 3 is 2.76 bits per heavy atom. The number of aryl methyl sites for hydroxylation is 1. The van der Waals surface area contributed by atoms with Crippen LogP contribution in [0.15, 0.2) is 71.7 Å². The maximum atomic E-state index is 13.1. The molecule has 0 bridgehead atoms. The molecule has 164 valence electrons. The van der Waals surface area contributed by atoms with Crippen molar-refractivity contribution in [2.24, 2.45) is 0 Å². The zero-order valence-corrected chi connectivity index (χ0v) is 18.0. The normalized spacial score (nSPS) is 13.5. The molecule has 0 fully saturated rings. The van der Waals surface area contributed by atoms with E-state index in [1.807, 2.05) is 65.7 Å². The Bertz CT molecular complexity index is 1540. The fourth-order valence-corrected chi connectivity index (χ4v) is 4.71. The van der Waals surface area contributed by atoms with Gasteiger partial charge in [0.25, 0.3) is 5.56 Å². The predicted molar refractivity (Wildman–Crippen MR) is 127 cm³/mol.